The van der Waals surface area contributed by atoms with E-state index in [9.17, 15) is 9.90 Å². The zero-order valence-corrected chi connectivity index (χ0v) is 20.5. The van der Waals surface area contributed by atoms with Crippen LogP contribution >= 0.6 is 24.0 Å². The van der Waals surface area contributed by atoms with E-state index in [1.54, 1.807) is 6.07 Å². The first kappa shape index (κ1) is 24.8. The number of halogens is 1. The van der Waals surface area contributed by atoms with Crippen molar-refractivity contribution in [1.29, 1.82) is 0 Å². The van der Waals surface area contributed by atoms with E-state index in [0.717, 1.165) is 56.5 Å². The first-order valence-electron chi connectivity index (χ1n) is 10.5. The van der Waals surface area contributed by atoms with Gasteiger partial charge < -0.3 is 25.5 Å². The van der Waals surface area contributed by atoms with E-state index >= 15 is 0 Å². The summed E-state index contributed by atoms with van der Waals surface area (Å²) in [7, 11) is 0. The van der Waals surface area contributed by atoms with Gasteiger partial charge in [-0.05, 0) is 43.2 Å². The van der Waals surface area contributed by atoms with Gasteiger partial charge in [0.2, 0.25) is 5.91 Å². The molecule has 3 N–H and O–H groups in total. The zero-order valence-electron chi connectivity index (χ0n) is 18.2. The number of nitrogens with one attached hydrogen (secondary N) is 2. The highest BCUT2D eigenvalue weighted by atomic mass is 127. The number of benzene rings is 2. The number of anilines is 2. The SMILES string of the molecule is CCNC(=NCCc1ccc(NC(C)=O)cc1)N1CCN(c2ccccc2O)CC1.I. The maximum atomic E-state index is 11.1. The second-order valence-electron chi connectivity index (χ2n) is 7.33. The second-order valence-corrected chi connectivity index (χ2v) is 7.33. The fraction of sp³-hybridized carbons (Fsp3) is 0.391. The average molecular weight is 537 g/mol. The van der Waals surface area contributed by atoms with Crippen molar-refractivity contribution in [3.05, 3.63) is 54.1 Å². The highest BCUT2D eigenvalue weighted by Crippen LogP contribution is 2.27. The van der Waals surface area contributed by atoms with Gasteiger partial charge in [-0.15, -0.1) is 24.0 Å². The Balaban J connectivity index is 0.00000341. The number of aromatic hydroxyl groups is 1. The number of aliphatic imine (C=N–C) groups is 1. The van der Waals surface area contributed by atoms with Crippen LogP contribution in [-0.4, -0.2) is 61.1 Å². The molecule has 1 aliphatic rings. The molecule has 1 amide bonds. The van der Waals surface area contributed by atoms with Gasteiger partial charge in [-0.1, -0.05) is 24.3 Å². The number of hydrogen-bond acceptors (Lipinski definition) is 4. The van der Waals surface area contributed by atoms with Crippen LogP contribution in [0.2, 0.25) is 0 Å². The lowest BCUT2D eigenvalue weighted by Gasteiger charge is -2.37. The van der Waals surface area contributed by atoms with Crippen molar-refractivity contribution in [2.45, 2.75) is 20.3 Å². The molecule has 1 aliphatic heterocycles. The number of hydrogen-bond donors (Lipinski definition) is 3. The Labute approximate surface area is 201 Å². The van der Waals surface area contributed by atoms with E-state index in [0.29, 0.717) is 12.3 Å². The number of piperazine rings is 1. The number of rotatable bonds is 6. The predicted molar refractivity (Wildman–Crippen MR) is 138 cm³/mol. The highest BCUT2D eigenvalue weighted by Gasteiger charge is 2.21. The lowest BCUT2D eigenvalue weighted by molar-refractivity contribution is -0.114. The van der Waals surface area contributed by atoms with Crippen molar-refractivity contribution >= 4 is 47.2 Å². The fourth-order valence-electron chi connectivity index (χ4n) is 3.57. The number of phenolic OH excluding ortho intramolecular Hbond substituents is 1. The molecule has 0 atom stereocenters. The van der Waals surface area contributed by atoms with E-state index in [1.165, 1.54) is 12.5 Å². The molecule has 1 fully saturated rings. The molecule has 2 aromatic rings. The van der Waals surface area contributed by atoms with Crippen LogP contribution < -0.4 is 15.5 Å². The largest absolute Gasteiger partial charge is 0.506 e. The van der Waals surface area contributed by atoms with E-state index < -0.39 is 0 Å². The molecule has 7 nitrogen and oxygen atoms in total. The Kier molecular flexibility index (Phi) is 9.90. The average Bonchev–Trinajstić information content (AvgIpc) is 2.74. The Morgan fingerprint density at radius 3 is 2.35 bits per heavy atom. The number of phenols is 1. The molecule has 0 spiro atoms. The molecule has 0 aromatic heterocycles. The third kappa shape index (κ3) is 7.30. The minimum Gasteiger partial charge on any atom is -0.506 e. The summed E-state index contributed by atoms with van der Waals surface area (Å²) >= 11 is 0. The number of carbonyl (C=O) groups excluding carboxylic acids is 1. The molecule has 0 radical (unpaired) electrons. The summed E-state index contributed by atoms with van der Waals surface area (Å²) in [5.74, 6) is 1.20. The van der Waals surface area contributed by atoms with Crippen molar-refractivity contribution in [2.24, 2.45) is 4.99 Å². The van der Waals surface area contributed by atoms with Crippen LogP contribution in [0.4, 0.5) is 11.4 Å². The summed E-state index contributed by atoms with van der Waals surface area (Å²) in [5, 5.41) is 16.3. The maximum Gasteiger partial charge on any atom is 0.221 e. The number of guanidine groups is 1. The smallest absolute Gasteiger partial charge is 0.221 e. The minimum atomic E-state index is -0.0646. The molecule has 2 aromatic carbocycles. The van der Waals surface area contributed by atoms with Crippen LogP contribution in [0.3, 0.4) is 0 Å². The Morgan fingerprint density at radius 1 is 1.06 bits per heavy atom. The van der Waals surface area contributed by atoms with Gasteiger partial charge in [0, 0.05) is 51.9 Å². The van der Waals surface area contributed by atoms with Crippen molar-refractivity contribution in [1.82, 2.24) is 10.2 Å². The quantitative estimate of drug-likeness (QED) is 0.300. The molecule has 0 aliphatic carbocycles. The topological polar surface area (TPSA) is 80.2 Å². The number of carbonyl (C=O) groups is 1. The van der Waals surface area contributed by atoms with Crippen LogP contribution in [-0.2, 0) is 11.2 Å². The molecule has 3 rings (SSSR count). The Morgan fingerprint density at radius 2 is 1.74 bits per heavy atom. The molecular formula is C23H32IN5O2. The van der Waals surface area contributed by atoms with E-state index in [1.807, 2.05) is 42.5 Å². The molecule has 1 saturated heterocycles. The van der Waals surface area contributed by atoms with Crippen LogP contribution in [0.1, 0.15) is 19.4 Å². The summed E-state index contributed by atoms with van der Waals surface area (Å²) in [5.41, 5.74) is 2.89. The third-order valence-corrected chi connectivity index (χ3v) is 5.07. The number of nitrogens with zero attached hydrogens (tertiary/aromatic N) is 3. The summed E-state index contributed by atoms with van der Waals surface area (Å²) in [6, 6.07) is 15.4. The summed E-state index contributed by atoms with van der Waals surface area (Å²) < 4.78 is 0. The van der Waals surface area contributed by atoms with Gasteiger partial charge in [-0.25, -0.2) is 0 Å². The predicted octanol–water partition coefficient (Wildman–Crippen LogP) is 3.30. The summed E-state index contributed by atoms with van der Waals surface area (Å²) in [6.07, 6.45) is 0.840. The van der Waals surface area contributed by atoms with E-state index in [2.05, 4.69) is 27.4 Å². The molecular weight excluding hydrogens is 505 g/mol. The van der Waals surface area contributed by atoms with E-state index in [4.69, 9.17) is 4.99 Å². The standard InChI is InChI=1S/C23H31N5O2.HI/c1-3-24-23(25-13-12-19-8-10-20(11-9-19)26-18(2)29)28-16-14-27(15-17-28)21-6-4-5-7-22(21)30;/h4-11,30H,3,12-17H2,1-2H3,(H,24,25)(H,26,29);1H. The van der Waals surface area contributed by atoms with Crippen molar-refractivity contribution < 1.29 is 9.90 Å². The van der Waals surface area contributed by atoms with Gasteiger partial charge in [-0.3, -0.25) is 9.79 Å². The second kappa shape index (κ2) is 12.4. The lowest BCUT2D eigenvalue weighted by atomic mass is 10.1. The van der Waals surface area contributed by atoms with Gasteiger partial charge in [0.05, 0.1) is 5.69 Å². The molecule has 168 valence electrons. The van der Waals surface area contributed by atoms with Crippen molar-refractivity contribution in [2.75, 3.05) is 49.5 Å². The van der Waals surface area contributed by atoms with E-state index in [-0.39, 0.29) is 29.9 Å². The van der Waals surface area contributed by atoms with Gasteiger partial charge in [0.15, 0.2) is 5.96 Å². The highest BCUT2D eigenvalue weighted by molar-refractivity contribution is 14.0. The third-order valence-electron chi connectivity index (χ3n) is 5.07. The van der Waals surface area contributed by atoms with Crippen LogP contribution in [0.5, 0.6) is 5.75 Å². The van der Waals surface area contributed by atoms with Gasteiger partial charge in [0.1, 0.15) is 5.75 Å². The van der Waals surface area contributed by atoms with Crippen LogP contribution in [0, 0.1) is 0 Å². The molecule has 8 heteroatoms. The molecule has 31 heavy (non-hydrogen) atoms. The van der Waals surface area contributed by atoms with Gasteiger partial charge >= 0.3 is 0 Å². The molecule has 1 heterocycles. The minimum absolute atomic E-state index is 0. The summed E-state index contributed by atoms with van der Waals surface area (Å²) in [4.78, 5) is 20.4. The molecule has 0 saturated carbocycles. The Hall–Kier alpha value is -2.49. The van der Waals surface area contributed by atoms with Crippen molar-refractivity contribution in [3.63, 3.8) is 0 Å². The Bertz CT molecular complexity index is 865. The van der Waals surface area contributed by atoms with Crippen LogP contribution in [0.15, 0.2) is 53.5 Å². The first-order chi connectivity index (χ1) is 14.6. The number of para-hydroxylation sites is 2. The molecule has 0 unspecified atom stereocenters. The summed E-state index contributed by atoms with van der Waals surface area (Å²) in [6.45, 7) is 8.49. The monoisotopic (exact) mass is 537 g/mol. The van der Waals surface area contributed by atoms with Gasteiger partial charge in [-0.2, -0.15) is 0 Å². The lowest BCUT2D eigenvalue weighted by Crippen LogP contribution is -2.52. The van der Waals surface area contributed by atoms with Crippen molar-refractivity contribution in [3.8, 4) is 5.75 Å². The normalized spacial score (nSPS) is 14.1. The molecule has 0 bridgehead atoms. The van der Waals surface area contributed by atoms with Crippen LogP contribution in [0.25, 0.3) is 0 Å². The fourth-order valence-corrected chi connectivity index (χ4v) is 3.57. The van der Waals surface area contributed by atoms with Gasteiger partial charge in [0.25, 0.3) is 0 Å². The number of amides is 1. The zero-order chi connectivity index (χ0) is 21.3. The maximum absolute atomic E-state index is 11.1. The first-order valence-corrected chi connectivity index (χ1v) is 10.5.